The summed E-state index contributed by atoms with van der Waals surface area (Å²) in [5.41, 5.74) is 10.9. The number of carbonyl (C=O) groups excluding carboxylic acids is 1. The van der Waals surface area contributed by atoms with Crippen molar-refractivity contribution in [2.24, 2.45) is 5.73 Å². The fraction of sp³-hybridized carbons (Fsp3) is 0.167. The van der Waals surface area contributed by atoms with Gasteiger partial charge in [-0.25, -0.2) is 0 Å². The predicted octanol–water partition coefficient (Wildman–Crippen LogP) is 3.40. The minimum atomic E-state index is -0.307. The lowest BCUT2D eigenvalue weighted by molar-refractivity contribution is -0.127. The highest BCUT2D eigenvalue weighted by Gasteiger charge is 2.30. The van der Waals surface area contributed by atoms with Crippen LogP contribution < -0.4 is 11.2 Å². The fourth-order valence-corrected chi connectivity index (χ4v) is 3.03. The Labute approximate surface area is 161 Å². The van der Waals surface area contributed by atoms with Gasteiger partial charge < -0.3 is 10.5 Å². The van der Waals surface area contributed by atoms with Crippen LogP contribution in [0.2, 0.25) is 5.02 Å². The number of carbonyl (C=O) groups is 1. The first-order valence-electron chi connectivity index (χ1n) is 7.91. The van der Waals surface area contributed by atoms with Crippen molar-refractivity contribution >= 4 is 40.7 Å². The van der Waals surface area contributed by atoms with Crippen LogP contribution in [-0.4, -0.2) is 28.9 Å². The number of halogens is 2. The van der Waals surface area contributed by atoms with E-state index in [-0.39, 0.29) is 12.5 Å². The summed E-state index contributed by atoms with van der Waals surface area (Å²) in [6.45, 7) is 0.153. The van der Waals surface area contributed by atoms with E-state index >= 15 is 0 Å². The summed E-state index contributed by atoms with van der Waals surface area (Å²) in [4.78, 5) is 13.5. The molecule has 0 bridgehead atoms. The SMILES string of the molecule is CN(C(=O)CN)C1=C(OCc2ccccc2)c2cc(Cl)ccc2NN1Cl. The van der Waals surface area contributed by atoms with E-state index in [1.165, 1.54) is 9.43 Å². The molecule has 6 nitrogen and oxygen atoms in total. The zero-order valence-corrected chi connectivity index (χ0v) is 15.6. The first-order valence-corrected chi connectivity index (χ1v) is 8.63. The van der Waals surface area contributed by atoms with Crippen molar-refractivity contribution < 1.29 is 9.53 Å². The minimum Gasteiger partial charge on any atom is -0.484 e. The molecule has 0 aromatic heterocycles. The molecule has 1 aliphatic rings. The van der Waals surface area contributed by atoms with Gasteiger partial charge in [0.05, 0.1) is 12.2 Å². The van der Waals surface area contributed by atoms with Gasteiger partial charge in [-0.1, -0.05) is 41.9 Å². The molecule has 0 aliphatic carbocycles. The molecule has 1 heterocycles. The van der Waals surface area contributed by atoms with Gasteiger partial charge in [-0.3, -0.25) is 15.1 Å². The van der Waals surface area contributed by atoms with Gasteiger partial charge in [-0.2, -0.15) is 4.53 Å². The number of likely N-dealkylation sites (N-methyl/N-ethyl adjacent to an activating group) is 1. The Bertz CT molecular complexity index is 842. The van der Waals surface area contributed by atoms with Crippen molar-refractivity contribution in [3.05, 3.63) is 70.5 Å². The van der Waals surface area contributed by atoms with Crippen LogP contribution in [0.1, 0.15) is 11.1 Å². The van der Waals surface area contributed by atoms with Crippen LogP contribution >= 0.6 is 23.4 Å². The molecule has 0 fully saturated rings. The number of nitrogens with one attached hydrogen (secondary N) is 1. The molecule has 2 aromatic rings. The highest BCUT2D eigenvalue weighted by Crippen LogP contribution is 2.38. The van der Waals surface area contributed by atoms with Crippen LogP contribution in [0.5, 0.6) is 0 Å². The lowest BCUT2D eigenvalue weighted by Crippen LogP contribution is -2.41. The number of benzene rings is 2. The Balaban J connectivity index is 2.05. The number of anilines is 1. The normalized spacial score (nSPS) is 13.2. The standard InChI is InChI=1S/C18H18Cl2N4O2/c1-23(16(25)10-21)18-17(26-11-12-5-3-2-4-6-12)14-9-13(19)7-8-15(14)22-24(18)20/h2-9,22H,10-11,21H2,1H3. The molecule has 8 heteroatoms. The molecule has 0 saturated heterocycles. The van der Waals surface area contributed by atoms with E-state index in [0.29, 0.717) is 34.5 Å². The van der Waals surface area contributed by atoms with Gasteiger partial charge in [0.25, 0.3) is 0 Å². The summed E-state index contributed by atoms with van der Waals surface area (Å²) in [7, 11) is 1.59. The summed E-state index contributed by atoms with van der Waals surface area (Å²) < 4.78 is 7.28. The Morgan fingerprint density at radius 1 is 1.27 bits per heavy atom. The Hall–Kier alpha value is -2.41. The van der Waals surface area contributed by atoms with Crippen LogP contribution in [0, 0.1) is 0 Å². The zero-order chi connectivity index (χ0) is 18.7. The summed E-state index contributed by atoms with van der Waals surface area (Å²) >= 11 is 12.5. The quantitative estimate of drug-likeness (QED) is 0.762. The van der Waals surface area contributed by atoms with Crippen molar-refractivity contribution in [2.45, 2.75) is 6.61 Å². The summed E-state index contributed by atoms with van der Waals surface area (Å²) in [6, 6.07) is 15.0. The summed E-state index contributed by atoms with van der Waals surface area (Å²) in [6.07, 6.45) is 0. The third kappa shape index (κ3) is 3.72. The van der Waals surface area contributed by atoms with Gasteiger partial charge >= 0.3 is 0 Å². The maximum atomic E-state index is 12.1. The Kier molecular flexibility index (Phi) is 5.56. The third-order valence-electron chi connectivity index (χ3n) is 3.93. The number of fused-ring (bicyclic) bond motifs is 1. The number of hydrogen-bond donors (Lipinski definition) is 2. The average Bonchev–Trinajstić information content (AvgIpc) is 2.66. The molecule has 3 N–H and O–H groups in total. The van der Waals surface area contributed by atoms with Crippen LogP contribution in [0.25, 0.3) is 5.76 Å². The second-order valence-electron chi connectivity index (χ2n) is 5.67. The van der Waals surface area contributed by atoms with Crippen LogP contribution in [0.15, 0.2) is 54.4 Å². The third-order valence-corrected chi connectivity index (χ3v) is 4.41. The van der Waals surface area contributed by atoms with Gasteiger partial charge in [-0.15, -0.1) is 0 Å². The zero-order valence-electron chi connectivity index (χ0n) is 14.1. The second-order valence-corrected chi connectivity index (χ2v) is 6.44. The maximum Gasteiger partial charge on any atom is 0.241 e. The van der Waals surface area contributed by atoms with Crippen molar-refractivity contribution in [1.82, 2.24) is 9.43 Å². The molecule has 3 rings (SSSR count). The Morgan fingerprint density at radius 2 is 2.00 bits per heavy atom. The average molecular weight is 393 g/mol. The van der Waals surface area contributed by atoms with E-state index in [1.54, 1.807) is 25.2 Å². The number of ether oxygens (including phenoxy) is 1. The van der Waals surface area contributed by atoms with Crippen LogP contribution in [0.3, 0.4) is 0 Å². The molecule has 0 saturated carbocycles. The number of rotatable bonds is 5. The first kappa shape index (κ1) is 18.4. The topological polar surface area (TPSA) is 70.8 Å². The molecule has 2 aromatic carbocycles. The highest BCUT2D eigenvalue weighted by molar-refractivity contribution is 6.31. The molecule has 1 amide bonds. The number of nitrogens with two attached hydrogens (primary N) is 1. The van der Waals surface area contributed by atoms with Crippen LogP contribution in [-0.2, 0) is 16.1 Å². The second kappa shape index (κ2) is 7.86. The van der Waals surface area contributed by atoms with E-state index in [1.807, 2.05) is 30.3 Å². The van der Waals surface area contributed by atoms with Crippen molar-refractivity contribution in [3.8, 4) is 0 Å². The number of hydrazine groups is 1. The molecule has 0 unspecified atom stereocenters. The van der Waals surface area contributed by atoms with Crippen molar-refractivity contribution in [3.63, 3.8) is 0 Å². The van der Waals surface area contributed by atoms with Gasteiger partial charge in [0, 0.05) is 29.4 Å². The van der Waals surface area contributed by atoms with Gasteiger partial charge in [-0.05, 0) is 23.8 Å². The number of amides is 1. The minimum absolute atomic E-state index is 0.154. The number of nitrogens with zero attached hydrogens (tertiary/aromatic N) is 2. The molecular weight excluding hydrogens is 375 g/mol. The van der Waals surface area contributed by atoms with Gasteiger partial charge in [0.15, 0.2) is 11.6 Å². The first-order chi connectivity index (χ1) is 12.5. The van der Waals surface area contributed by atoms with E-state index in [2.05, 4.69) is 5.43 Å². The van der Waals surface area contributed by atoms with E-state index < -0.39 is 0 Å². The monoisotopic (exact) mass is 392 g/mol. The predicted molar refractivity (Wildman–Crippen MR) is 103 cm³/mol. The largest absolute Gasteiger partial charge is 0.484 e. The molecule has 136 valence electrons. The fourth-order valence-electron chi connectivity index (χ4n) is 2.58. The highest BCUT2D eigenvalue weighted by atomic mass is 35.5. The summed E-state index contributed by atoms with van der Waals surface area (Å²) in [5.74, 6) is 0.468. The van der Waals surface area contributed by atoms with Gasteiger partial charge in [0.1, 0.15) is 6.61 Å². The number of hydrogen-bond acceptors (Lipinski definition) is 5. The van der Waals surface area contributed by atoms with Crippen molar-refractivity contribution in [1.29, 1.82) is 0 Å². The smallest absolute Gasteiger partial charge is 0.241 e. The molecule has 0 radical (unpaired) electrons. The molecule has 26 heavy (non-hydrogen) atoms. The molecule has 0 atom stereocenters. The maximum absolute atomic E-state index is 12.1. The summed E-state index contributed by atoms with van der Waals surface area (Å²) in [5, 5.41) is 0.543. The van der Waals surface area contributed by atoms with E-state index in [9.17, 15) is 4.79 Å². The lowest BCUT2D eigenvalue weighted by Gasteiger charge is -2.34. The molecule has 0 spiro atoms. The van der Waals surface area contributed by atoms with Crippen molar-refractivity contribution in [2.75, 3.05) is 19.0 Å². The van der Waals surface area contributed by atoms with E-state index in [0.717, 1.165) is 5.56 Å². The van der Waals surface area contributed by atoms with Crippen LogP contribution in [0.4, 0.5) is 5.69 Å². The lowest BCUT2D eigenvalue weighted by atomic mass is 10.1. The van der Waals surface area contributed by atoms with Gasteiger partial charge in [0.2, 0.25) is 5.91 Å². The van der Waals surface area contributed by atoms with E-state index in [4.69, 9.17) is 33.8 Å². The molecule has 1 aliphatic heterocycles. The molecular formula is C18H18Cl2N4O2. The Morgan fingerprint density at radius 3 is 2.69 bits per heavy atom.